The van der Waals surface area contributed by atoms with Gasteiger partial charge in [0.05, 0.1) is 6.54 Å². The fraction of sp³-hybridized carbons (Fsp3) is 0.438. The van der Waals surface area contributed by atoms with Crippen LogP contribution in [-0.4, -0.2) is 26.2 Å². The number of nitrogens with zero attached hydrogens (tertiary/aromatic N) is 3. The Morgan fingerprint density at radius 3 is 2.73 bits per heavy atom. The molecule has 1 atom stereocenters. The number of fused-ring (bicyclic) bond motifs is 1. The highest BCUT2D eigenvalue weighted by Crippen LogP contribution is 2.37. The van der Waals surface area contributed by atoms with E-state index in [9.17, 15) is 9.90 Å². The molecule has 1 aliphatic heterocycles. The second kappa shape index (κ2) is 5.12. The minimum Gasteiger partial charge on any atom is -0.465 e. The minimum atomic E-state index is -0.956. The van der Waals surface area contributed by atoms with Crippen LogP contribution in [-0.2, 0) is 13.0 Å². The molecule has 1 aromatic heterocycles. The molecule has 2 aliphatic rings. The van der Waals surface area contributed by atoms with Gasteiger partial charge in [-0.15, -0.1) is 0 Å². The van der Waals surface area contributed by atoms with E-state index >= 15 is 0 Å². The fourth-order valence-corrected chi connectivity index (χ4v) is 3.16. The third-order valence-electron chi connectivity index (χ3n) is 4.71. The van der Waals surface area contributed by atoms with Crippen molar-refractivity contribution in [3.05, 3.63) is 47.1 Å². The molecule has 0 spiro atoms. The molecule has 6 heteroatoms. The zero-order chi connectivity index (χ0) is 15.1. The Labute approximate surface area is 127 Å². The van der Waals surface area contributed by atoms with E-state index in [-0.39, 0.29) is 0 Å². The molecule has 1 fully saturated rings. The van der Waals surface area contributed by atoms with Crippen molar-refractivity contribution >= 4 is 6.09 Å². The van der Waals surface area contributed by atoms with E-state index in [2.05, 4.69) is 10.1 Å². The largest absolute Gasteiger partial charge is 0.465 e. The average molecular weight is 299 g/mol. The zero-order valence-corrected chi connectivity index (χ0v) is 12.1. The molecule has 1 amide bonds. The number of hydrogen-bond donors (Lipinski definition) is 1. The first-order valence-corrected chi connectivity index (χ1v) is 7.62. The first-order chi connectivity index (χ1) is 10.7. The van der Waals surface area contributed by atoms with Gasteiger partial charge in [0.1, 0.15) is 6.04 Å². The summed E-state index contributed by atoms with van der Waals surface area (Å²) in [5.41, 5.74) is 2.19. The molecule has 22 heavy (non-hydrogen) atoms. The summed E-state index contributed by atoms with van der Waals surface area (Å²) < 4.78 is 5.39. The van der Waals surface area contributed by atoms with Gasteiger partial charge in [0, 0.05) is 12.3 Å². The first kappa shape index (κ1) is 13.3. The summed E-state index contributed by atoms with van der Waals surface area (Å²) in [5.74, 6) is 1.52. The van der Waals surface area contributed by atoms with E-state index in [1.165, 1.54) is 11.3 Å². The molecular formula is C16H17N3O3. The van der Waals surface area contributed by atoms with E-state index in [1.807, 2.05) is 24.3 Å². The zero-order valence-electron chi connectivity index (χ0n) is 12.1. The normalized spacial score (nSPS) is 21.3. The van der Waals surface area contributed by atoms with E-state index in [4.69, 9.17) is 4.52 Å². The van der Waals surface area contributed by atoms with Gasteiger partial charge in [-0.2, -0.15) is 4.98 Å². The highest BCUT2D eigenvalue weighted by Gasteiger charge is 2.35. The first-order valence-electron chi connectivity index (χ1n) is 7.62. The van der Waals surface area contributed by atoms with E-state index in [1.54, 1.807) is 0 Å². The van der Waals surface area contributed by atoms with Crippen molar-refractivity contribution in [3.63, 3.8) is 0 Å². The maximum Gasteiger partial charge on any atom is 0.408 e. The van der Waals surface area contributed by atoms with Crippen LogP contribution in [0.5, 0.6) is 0 Å². The summed E-state index contributed by atoms with van der Waals surface area (Å²) >= 11 is 0. The molecule has 4 rings (SSSR count). The highest BCUT2D eigenvalue weighted by atomic mass is 16.5. The van der Waals surface area contributed by atoms with Crippen LogP contribution in [0.2, 0.25) is 0 Å². The number of aromatic nitrogens is 2. The summed E-state index contributed by atoms with van der Waals surface area (Å²) in [6.07, 6.45) is 3.01. The Hall–Kier alpha value is -2.37. The lowest BCUT2D eigenvalue weighted by atomic mass is 9.85. The molecule has 0 radical (unpaired) electrons. The van der Waals surface area contributed by atoms with Gasteiger partial charge in [0.15, 0.2) is 5.82 Å². The Morgan fingerprint density at radius 1 is 1.27 bits per heavy atom. The lowest BCUT2D eigenvalue weighted by Gasteiger charge is -2.32. The van der Waals surface area contributed by atoms with Gasteiger partial charge in [-0.05, 0) is 24.0 Å². The quantitative estimate of drug-likeness (QED) is 0.921. The molecule has 0 bridgehead atoms. The lowest BCUT2D eigenvalue weighted by molar-refractivity contribution is 0.102. The van der Waals surface area contributed by atoms with Crippen molar-refractivity contribution in [3.8, 4) is 0 Å². The third kappa shape index (κ3) is 2.15. The predicted molar refractivity (Wildman–Crippen MR) is 77.3 cm³/mol. The molecular weight excluding hydrogens is 282 g/mol. The second-order valence-electron chi connectivity index (χ2n) is 6.02. The van der Waals surface area contributed by atoms with Crippen LogP contribution in [0.4, 0.5) is 4.79 Å². The van der Waals surface area contributed by atoms with Crippen molar-refractivity contribution in [2.75, 3.05) is 0 Å². The number of carbonyl (C=O) groups is 1. The molecule has 0 saturated heterocycles. The number of benzene rings is 1. The Bertz CT molecular complexity index is 708. The van der Waals surface area contributed by atoms with Gasteiger partial charge in [-0.25, -0.2) is 4.79 Å². The molecule has 0 unspecified atom stereocenters. The Morgan fingerprint density at radius 2 is 2.05 bits per heavy atom. The molecule has 1 saturated carbocycles. The van der Waals surface area contributed by atoms with Crippen LogP contribution in [0, 0.1) is 0 Å². The van der Waals surface area contributed by atoms with Crippen LogP contribution in [0.3, 0.4) is 0 Å². The number of amides is 1. The predicted octanol–water partition coefficient (Wildman–Crippen LogP) is 3.11. The topological polar surface area (TPSA) is 79.5 Å². The average Bonchev–Trinajstić information content (AvgIpc) is 2.93. The maximum absolute atomic E-state index is 11.6. The SMILES string of the molecule is O=C(O)N1Cc2ccccc2C[C@H]1c1nc(C2CCC2)no1. The van der Waals surface area contributed by atoms with Gasteiger partial charge >= 0.3 is 6.09 Å². The van der Waals surface area contributed by atoms with Gasteiger partial charge in [0.25, 0.3) is 0 Å². The summed E-state index contributed by atoms with van der Waals surface area (Å²) in [6.45, 7) is 0.358. The van der Waals surface area contributed by atoms with Gasteiger partial charge < -0.3 is 9.63 Å². The fourth-order valence-electron chi connectivity index (χ4n) is 3.16. The number of hydrogen-bond acceptors (Lipinski definition) is 4. The van der Waals surface area contributed by atoms with E-state index in [0.29, 0.717) is 24.8 Å². The highest BCUT2D eigenvalue weighted by molar-refractivity contribution is 5.66. The van der Waals surface area contributed by atoms with Crippen molar-refractivity contribution in [2.45, 2.75) is 44.2 Å². The van der Waals surface area contributed by atoms with Crippen molar-refractivity contribution < 1.29 is 14.4 Å². The minimum absolute atomic E-state index is 0.358. The summed E-state index contributed by atoms with van der Waals surface area (Å²) in [6, 6.07) is 7.51. The van der Waals surface area contributed by atoms with Crippen LogP contribution >= 0.6 is 0 Å². The summed E-state index contributed by atoms with van der Waals surface area (Å²) in [5, 5.41) is 13.6. The molecule has 1 aromatic carbocycles. The van der Waals surface area contributed by atoms with Crippen LogP contribution in [0.1, 0.15) is 54.1 Å². The van der Waals surface area contributed by atoms with E-state index < -0.39 is 12.1 Å². The van der Waals surface area contributed by atoms with Crippen molar-refractivity contribution in [1.82, 2.24) is 15.0 Å². The lowest BCUT2D eigenvalue weighted by Crippen LogP contribution is -2.38. The number of rotatable bonds is 2. The van der Waals surface area contributed by atoms with Gasteiger partial charge in [-0.1, -0.05) is 35.8 Å². The molecule has 2 heterocycles. The smallest absolute Gasteiger partial charge is 0.408 e. The van der Waals surface area contributed by atoms with Gasteiger partial charge in [0.2, 0.25) is 5.89 Å². The Kier molecular flexibility index (Phi) is 3.10. The molecule has 6 nitrogen and oxygen atoms in total. The van der Waals surface area contributed by atoms with Gasteiger partial charge in [-0.3, -0.25) is 4.90 Å². The van der Waals surface area contributed by atoms with Crippen molar-refractivity contribution in [1.29, 1.82) is 0 Å². The summed E-state index contributed by atoms with van der Waals surface area (Å²) in [4.78, 5) is 17.5. The Balaban J connectivity index is 1.66. The molecule has 2 aromatic rings. The third-order valence-corrected chi connectivity index (χ3v) is 4.71. The standard InChI is InChI=1S/C16H17N3O3/c20-16(21)19-9-12-5-2-1-4-11(12)8-13(19)15-17-14(18-22-15)10-6-3-7-10/h1-2,4-5,10,13H,3,6-9H2,(H,20,21)/t13-/m0/s1. The molecule has 1 aliphatic carbocycles. The monoisotopic (exact) mass is 299 g/mol. The maximum atomic E-state index is 11.6. The van der Waals surface area contributed by atoms with E-state index in [0.717, 1.165) is 29.8 Å². The number of carboxylic acid groups (broad SMARTS) is 1. The molecule has 114 valence electrons. The van der Waals surface area contributed by atoms with Crippen LogP contribution in [0.15, 0.2) is 28.8 Å². The molecule has 1 N–H and O–H groups in total. The van der Waals surface area contributed by atoms with Crippen LogP contribution < -0.4 is 0 Å². The second-order valence-corrected chi connectivity index (χ2v) is 6.02. The summed E-state index contributed by atoms with van der Waals surface area (Å²) in [7, 11) is 0. The van der Waals surface area contributed by atoms with Crippen molar-refractivity contribution in [2.24, 2.45) is 0 Å². The van der Waals surface area contributed by atoms with Crippen LogP contribution in [0.25, 0.3) is 0 Å².